The van der Waals surface area contributed by atoms with Gasteiger partial charge in [-0.25, -0.2) is 14.2 Å². The van der Waals surface area contributed by atoms with Crippen LogP contribution in [-0.4, -0.2) is 18.1 Å². The molecule has 156 valence electrons. The van der Waals surface area contributed by atoms with Crippen molar-refractivity contribution >= 4 is 22.6 Å². The van der Waals surface area contributed by atoms with E-state index in [0.29, 0.717) is 22.9 Å². The fourth-order valence-corrected chi connectivity index (χ4v) is 3.34. The van der Waals surface area contributed by atoms with E-state index in [1.807, 2.05) is 43.3 Å². The number of nitrogens with one attached hydrogen (secondary N) is 1. The van der Waals surface area contributed by atoms with Crippen LogP contribution in [-0.2, 0) is 4.74 Å². The summed E-state index contributed by atoms with van der Waals surface area (Å²) in [5.41, 5.74) is 1.49. The molecule has 0 aliphatic carbocycles. The third kappa shape index (κ3) is 4.48. The van der Waals surface area contributed by atoms with Gasteiger partial charge in [-0.05, 0) is 66.4 Å². The largest absolute Gasteiger partial charge is 0.465 e. The number of esters is 1. The van der Waals surface area contributed by atoms with E-state index in [9.17, 15) is 9.18 Å². The minimum absolute atomic E-state index is 0.0799. The van der Waals surface area contributed by atoms with Crippen LogP contribution in [0.4, 0.5) is 10.2 Å². The Balaban J connectivity index is 1.64. The van der Waals surface area contributed by atoms with Gasteiger partial charge >= 0.3 is 5.97 Å². The fraction of sp³-hybridized carbons (Fsp3) is 0.120. The molecular formula is C25H21FN2O3. The van der Waals surface area contributed by atoms with Gasteiger partial charge in [-0.2, -0.15) is 0 Å². The molecule has 0 saturated heterocycles. The van der Waals surface area contributed by atoms with Crippen molar-refractivity contribution in [1.29, 1.82) is 0 Å². The molecule has 1 atom stereocenters. The van der Waals surface area contributed by atoms with Crippen LogP contribution in [0, 0.1) is 5.82 Å². The number of ether oxygens (including phenoxy) is 2. The van der Waals surface area contributed by atoms with Crippen molar-refractivity contribution in [3.05, 3.63) is 95.9 Å². The van der Waals surface area contributed by atoms with Crippen LogP contribution in [0.3, 0.4) is 0 Å². The van der Waals surface area contributed by atoms with E-state index >= 15 is 0 Å². The summed E-state index contributed by atoms with van der Waals surface area (Å²) in [6, 6.07) is 20.7. The van der Waals surface area contributed by atoms with E-state index in [0.717, 1.165) is 16.3 Å². The van der Waals surface area contributed by atoms with Crippen molar-refractivity contribution in [3.63, 3.8) is 0 Å². The molecule has 0 unspecified atom stereocenters. The maximum atomic E-state index is 13.2. The summed E-state index contributed by atoms with van der Waals surface area (Å²) in [4.78, 5) is 16.2. The first kappa shape index (κ1) is 20.3. The molecular weight excluding hydrogens is 395 g/mol. The van der Waals surface area contributed by atoms with E-state index in [1.54, 1.807) is 30.5 Å². The summed E-state index contributed by atoms with van der Waals surface area (Å²) in [7, 11) is 1.36. The van der Waals surface area contributed by atoms with Gasteiger partial charge in [0.25, 0.3) is 0 Å². The molecule has 0 bridgehead atoms. The number of benzene rings is 3. The van der Waals surface area contributed by atoms with Gasteiger partial charge < -0.3 is 14.8 Å². The first-order valence-electron chi connectivity index (χ1n) is 9.81. The van der Waals surface area contributed by atoms with Crippen LogP contribution in [0.25, 0.3) is 10.8 Å². The number of hydrogen-bond donors (Lipinski definition) is 1. The topological polar surface area (TPSA) is 60.5 Å². The highest BCUT2D eigenvalue weighted by molar-refractivity contribution is 5.97. The minimum atomic E-state index is -0.370. The Morgan fingerprint density at radius 3 is 2.45 bits per heavy atom. The number of carbonyl (C=O) groups excluding carboxylic acids is 1. The molecule has 3 aromatic carbocycles. The number of aromatic nitrogens is 1. The molecule has 0 radical (unpaired) electrons. The van der Waals surface area contributed by atoms with Crippen molar-refractivity contribution in [2.45, 2.75) is 13.0 Å². The first-order valence-corrected chi connectivity index (χ1v) is 9.81. The summed E-state index contributed by atoms with van der Waals surface area (Å²) in [5, 5.41) is 5.22. The Labute approximate surface area is 179 Å². The molecule has 0 amide bonds. The third-order valence-corrected chi connectivity index (χ3v) is 4.98. The van der Waals surface area contributed by atoms with Crippen LogP contribution in [0.1, 0.15) is 28.9 Å². The van der Waals surface area contributed by atoms with Crippen molar-refractivity contribution in [1.82, 2.24) is 4.98 Å². The number of pyridine rings is 1. The smallest absolute Gasteiger partial charge is 0.337 e. The molecule has 1 N–H and O–H groups in total. The van der Waals surface area contributed by atoms with Crippen molar-refractivity contribution in [3.8, 4) is 11.5 Å². The minimum Gasteiger partial charge on any atom is -0.465 e. The van der Waals surface area contributed by atoms with Crippen molar-refractivity contribution in [2.75, 3.05) is 12.4 Å². The zero-order chi connectivity index (χ0) is 21.8. The standard InChI is InChI=1S/C25H21FN2O3/c1-16(17-6-8-19(9-7-17)25(29)30-2)28-24-23-18(14-15-27-24)4-3-5-22(23)31-21-12-10-20(26)11-13-21/h3-16H,1-2H3,(H,27,28)/t16-/m0/s1. The van der Waals surface area contributed by atoms with Gasteiger partial charge in [-0.1, -0.05) is 24.3 Å². The van der Waals surface area contributed by atoms with Gasteiger partial charge in [-0.3, -0.25) is 0 Å². The summed E-state index contributed by atoms with van der Waals surface area (Å²) in [6.45, 7) is 2.01. The molecule has 0 aliphatic rings. The van der Waals surface area contributed by atoms with Gasteiger partial charge in [0.05, 0.1) is 18.1 Å². The lowest BCUT2D eigenvalue weighted by molar-refractivity contribution is 0.0600. The Morgan fingerprint density at radius 2 is 1.74 bits per heavy atom. The van der Waals surface area contributed by atoms with E-state index in [-0.39, 0.29) is 17.8 Å². The number of nitrogens with zero attached hydrogens (tertiary/aromatic N) is 1. The molecule has 31 heavy (non-hydrogen) atoms. The zero-order valence-corrected chi connectivity index (χ0v) is 17.1. The normalized spacial score (nSPS) is 11.7. The summed E-state index contributed by atoms with van der Waals surface area (Å²) < 4.78 is 24.0. The molecule has 0 spiro atoms. The van der Waals surface area contributed by atoms with E-state index in [1.165, 1.54) is 19.2 Å². The number of methoxy groups -OCH3 is 1. The fourth-order valence-electron chi connectivity index (χ4n) is 3.34. The molecule has 6 heteroatoms. The zero-order valence-electron chi connectivity index (χ0n) is 17.1. The molecule has 4 aromatic rings. The number of halogens is 1. The molecule has 0 saturated carbocycles. The average Bonchev–Trinajstić information content (AvgIpc) is 2.80. The Kier molecular flexibility index (Phi) is 5.80. The van der Waals surface area contributed by atoms with Gasteiger partial charge in [0.15, 0.2) is 0 Å². The van der Waals surface area contributed by atoms with E-state index in [2.05, 4.69) is 10.3 Å². The number of fused-ring (bicyclic) bond motifs is 1. The van der Waals surface area contributed by atoms with Crippen molar-refractivity contribution < 1.29 is 18.7 Å². The quantitative estimate of drug-likeness (QED) is 0.383. The SMILES string of the molecule is COC(=O)c1ccc([C@H](C)Nc2nccc3cccc(Oc4ccc(F)cc4)c23)cc1. The summed E-state index contributed by atoms with van der Waals surface area (Å²) >= 11 is 0. The third-order valence-electron chi connectivity index (χ3n) is 4.98. The highest BCUT2D eigenvalue weighted by Crippen LogP contribution is 2.35. The maximum Gasteiger partial charge on any atom is 0.337 e. The second-order valence-corrected chi connectivity index (χ2v) is 7.05. The molecule has 0 aliphatic heterocycles. The lowest BCUT2D eigenvalue weighted by Crippen LogP contribution is -2.09. The van der Waals surface area contributed by atoms with E-state index < -0.39 is 0 Å². The number of hydrogen-bond acceptors (Lipinski definition) is 5. The lowest BCUT2D eigenvalue weighted by atomic mass is 10.1. The Morgan fingerprint density at radius 1 is 1.00 bits per heavy atom. The van der Waals surface area contributed by atoms with Gasteiger partial charge in [-0.15, -0.1) is 0 Å². The van der Waals surface area contributed by atoms with Gasteiger partial charge in [0, 0.05) is 12.2 Å². The Bertz CT molecular complexity index is 1200. The van der Waals surface area contributed by atoms with Gasteiger partial charge in [0.1, 0.15) is 23.1 Å². The number of anilines is 1. The van der Waals surface area contributed by atoms with E-state index in [4.69, 9.17) is 9.47 Å². The van der Waals surface area contributed by atoms with Crippen LogP contribution in [0.5, 0.6) is 11.5 Å². The second kappa shape index (κ2) is 8.83. The second-order valence-electron chi connectivity index (χ2n) is 7.05. The predicted molar refractivity (Wildman–Crippen MR) is 118 cm³/mol. The molecule has 0 fully saturated rings. The first-order chi connectivity index (χ1) is 15.0. The number of carbonyl (C=O) groups is 1. The average molecular weight is 416 g/mol. The molecule has 4 rings (SSSR count). The monoisotopic (exact) mass is 416 g/mol. The van der Waals surface area contributed by atoms with Crippen LogP contribution in [0.15, 0.2) is 79.0 Å². The lowest BCUT2D eigenvalue weighted by Gasteiger charge is -2.18. The van der Waals surface area contributed by atoms with Crippen molar-refractivity contribution in [2.24, 2.45) is 0 Å². The van der Waals surface area contributed by atoms with Crippen LogP contribution < -0.4 is 10.1 Å². The molecule has 1 aromatic heterocycles. The van der Waals surface area contributed by atoms with Crippen LogP contribution in [0.2, 0.25) is 0 Å². The Hall–Kier alpha value is -3.93. The summed E-state index contributed by atoms with van der Waals surface area (Å²) in [6.07, 6.45) is 1.74. The van der Waals surface area contributed by atoms with Gasteiger partial charge in [0.2, 0.25) is 0 Å². The highest BCUT2D eigenvalue weighted by Gasteiger charge is 2.14. The maximum absolute atomic E-state index is 13.2. The summed E-state index contributed by atoms with van der Waals surface area (Å²) in [5.74, 6) is 1.13. The molecule has 1 heterocycles. The predicted octanol–water partition coefficient (Wildman–Crippen LogP) is 6.13. The van der Waals surface area contributed by atoms with Crippen LogP contribution >= 0.6 is 0 Å². The number of rotatable bonds is 6. The molecule has 5 nitrogen and oxygen atoms in total. The highest BCUT2D eigenvalue weighted by atomic mass is 19.1.